The second-order valence-electron chi connectivity index (χ2n) is 8.27. The first-order valence-corrected chi connectivity index (χ1v) is 10.6. The number of hydrogen-bond acceptors (Lipinski definition) is 5. The van der Waals surface area contributed by atoms with E-state index in [0.29, 0.717) is 18.2 Å². The molecule has 1 aromatic carbocycles. The average molecular weight is 393 g/mol. The van der Waals surface area contributed by atoms with Crippen molar-refractivity contribution in [2.45, 2.75) is 25.4 Å². The summed E-state index contributed by atoms with van der Waals surface area (Å²) in [5, 5.41) is 3.37. The lowest BCUT2D eigenvalue weighted by molar-refractivity contribution is -0.126. The molecule has 0 spiro atoms. The lowest BCUT2D eigenvalue weighted by Crippen LogP contribution is -2.64. The van der Waals surface area contributed by atoms with Crippen LogP contribution in [0.1, 0.15) is 27.9 Å². The van der Waals surface area contributed by atoms with Crippen LogP contribution in [0.3, 0.4) is 0 Å². The van der Waals surface area contributed by atoms with E-state index in [1.807, 2.05) is 21.9 Å². The number of carbonyl (C=O) groups is 2. The smallest absolute Gasteiger partial charge is 0.268 e. The van der Waals surface area contributed by atoms with Gasteiger partial charge < -0.3 is 15.1 Å². The largest absolute Gasteiger partial charge is 0.335 e. The van der Waals surface area contributed by atoms with Crippen LogP contribution in [-0.2, 0) is 17.8 Å². The Kier molecular flexibility index (Phi) is 4.93. The second kappa shape index (κ2) is 7.72. The molecule has 1 aromatic rings. The van der Waals surface area contributed by atoms with Crippen LogP contribution in [0.4, 0.5) is 0 Å². The molecular weight excluding hydrogens is 366 g/mol. The molecule has 7 nitrogen and oxygen atoms in total. The second-order valence-corrected chi connectivity index (χ2v) is 8.27. The maximum absolute atomic E-state index is 12.8. The van der Waals surface area contributed by atoms with Gasteiger partial charge in [-0.3, -0.25) is 19.5 Å². The Bertz CT molecular complexity index is 879. The maximum Gasteiger partial charge on any atom is 0.268 e. The molecule has 7 heteroatoms. The first-order valence-electron chi connectivity index (χ1n) is 10.6. The SMILES string of the molecule is O=C(C1=NC=CC1)N1CCN(C2CN(C(=O)c3ccc4c(c3)CCNC4)C2)CC1. The fraction of sp³-hybridized carbons (Fsp3) is 0.500. The van der Waals surface area contributed by atoms with Gasteiger partial charge in [-0.05, 0) is 36.2 Å². The van der Waals surface area contributed by atoms with Gasteiger partial charge in [0, 0.05) is 70.0 Å². The summed E-state index contributed by atoms with van der Waals surface area (Å²) in [6.07, 6.45) is 5.27. The number of hydrogen-bond donors (Lipinski definition) is 1. The fourth-order valence-electron chi connectivity index (χ4n) is 4.62. The van der Waals surface area contributed by atoms with Crippen molar-refractivity contribution in [2.75, 3.05) is 45.8 Å². The quantitative estimate of drug-likeness (QED) is 0.819. The molecule has 29 heavy (non-hydrogen) atoms. The monoisotopic (exact) mass is 393 g/mol. The summed E-state index contributed by atoms with van der Waals surface area (Å²) >= 11 is 0. The van der Waals surface area contributed by atoms with Crippen molar-refractivity contribution in [3.05, 3.63) is 47.2 Å². The maximum atomic E-state index is 12.8. The molecule has 0 aliphatic carbocycles. The van der Waals surface area contributed by atoms with E-state index in [1.54, 1.807) is 6.20 Å². The molecule has 2 saturated heterocycles. The lowest BCUT2D eigenvalue weighted by Gasteiger charge is -2.48. The number of benzene rings is 1. The van der Waals surface area contributed by atoms with Gasteiger partial charge in [0.2, 0.25) is 0 Å². The minimum atomic E-state index is 0.0719. The van der Waals surface area contributed by atoms with Gasteiger partial charge in [0.25, 0.3) is 11.8 Å². The van der Waals surface area contributed by atoms with E-state index in [0.717, 1.165) is 64.3 Å². The van der Waals surface area contributed by atoms with Crippen molar-refractivity contribution in [3.8, 4) is 0 Å². The highest BCUT2D eigenvalue weighted by Crippen LogP contribution is 2.22. The van der Waals surface area contributed by atoms with Crippen LogP contribution < -0.4 is 5.32 Å². The zero-order valence-electron chi connectivity index (χ0n) is 16.6. The number of nitrogens with zero attached hydrogens (tertiary/aromatic N) is 4. The first kappa shape index (κ1) is 18.5. The summed E-state index contributed by atoms with van der Waals surface area (Å²) in [6, 6.07) is 6.54. The van der Waals surface area contributed by atoms with Gasteiger partial charge >= 0.3 is 0 Å². The molecule has 5 rings (SSSR count). The van der Waals surface area contributed by atoms with Gasteiger partial charge in [-0.1, -0.05) is 12.1 Å². The number of aliphatic imine (C=N–C) groups is 1. The van der Waals surface area contributed by atoms with Crippen molar-refractivity contribution in [2.24, 2.45) is 4.99 Å². The number of fused-ring (bicyclic) bond motifs is 1. The van der Waals surface area contributed by atoms with E-state index in [4.69, 9.17) is 0 Å². The molecule has 0 aromatic heterocycles. The minimum Gasteiger partial charge on any atom is -0.335 e. The van der Waals surface area contributed by atoms with E-state index >= 15 is 0 Å². The molecule has 0 radical (unpaired) electrons. The fourth-order valence-corrected chi connectivity index (χ4v) is 4.62. The number of nitrogens with one attached hydrogen (secondary N) is 1. The number of carbonyl (C=O) groups excluding carboxylic acids is 2. The van der Waals surface area contributed by atoms with E-state index < -0.39 is 0 Å². The normalized spacial score (nSPS) is 22.3. The zero-order chi connectivity index (χ0) is 19.8. The topological polar surface area (TPSA) is 68.2 Å². The predicted octanol–water partition coefficient (Wildman–Crippen LogP) is 0.659. The molecule has 4 aliphatic heterocycles. The molecule has 0 saturated carbocycles. The number of amides is 2. The van der Waals surface area contributed by atoms with E-state index in [1.165, 1.54) is 11.1 Å². The molecule has 4 heterocycles. The van der Waals surface area contributed by atoms with E-state index in [2.05, 4.69) is 27.3 Å². The first-order chi connectivity index (χ1) is 14.2. The van der Waals surface area contributed by atoms with Gasteiger partial charge in [0.1, 0.15) is 5.71 Å². The molecule has 0 unspecified atom stereocenters. The third-order valence-electron chi connectivity index (χ3n) is 6.50. The van der Waals surface area contributed by atoms with Crippen LogP contribution in [-0.4, -0.2) is 84.1 Å². The van der Waals surface area contributed by atoms with Crippen LogP contribution in [0.5, 0.6) is 0 Å². The highest BCUT2D eigenvalue weighted by Gasteiger charge is 2.37. The number of rotatable bonds is 3. The summed E-state index contributed by atoms with van der Waals surface area (Å²) < 4.78 is 0. The van der Waals surface area contributed by atoms with Crippen molar-refractivity contribution in [1.82, 2.24) is 20.0 Å². The summed E-state index contributed by atoms with van der Waals surface area (Å²) in [7, 11) is 0. The summed E-state index contributed by atoms with van der Waals surface area (Å²) in [6.45, 7) is 6.64. The molecule has 4 aliphatic rings. The Morgan fingerprint density at radius 3 is 2.59 bits per heavy atom. The van der Waals surface area contributed by atoms with Crippen LogP contribution in [0.2, 0.25) is 0 Å². The lowest BCUT2D eigenvalue weighted by atomic mass is 9.97. The Morgan fingerprint density at radius 1 is 1.00 bits per heavy atom. The van der Waals surface area contributed by atoms with Gasteiger partial charge in [-0.15, -0.1) is 0 Å². The third kappa shape index (κ3) is 3.60. The zero-order valence-corrected chi connectivity index (χ0v) is 16.6. The molecule has 1 N–H and O–H groups in total. The average Bonchev–Trinajstić information content (AvgIpc) is 3.27. The van der Waals surface area contributed by atoms with Crippen molar-refractivity contribution >= 4 is 17.5 Å². The number of likely N-dealkylation sites (tertiary alicyclic amines) is 1. The Balaban J connectivity index is 1.12. The van der Waals surface area contributed by atoms with Gasteiger partial charge in [0.15, 0.2) is 0 Å². The number of piperazine rings is 1. The van der Waals surface area contributed by atoms with Crippen molar-refractivity contribution in [3.63, 3.8) is 0 Å². The molecule has 2 amide bonds. The van der Waals surface area contributed by atoms with Crippen LogP contribution >= 0.6 is 0 Å². The van der Waals surface area contributed by atoms with Gasteiger partial charge in [-0.2, -0.15) is 0 Å². The molecule has 152 valence electrons. The van der Waals surface area contributed by atoms with Gasteiger partial charge in [0.05, 0.1) is 0 Å². The van der Waals surface area contributed by atoms with Crippen LogP contribution in [0, 0.1) is 0 Å². The molecule has 0 bridgehead atoms. The third-order valence-corrected chi connectivity index (χ3v) is 6.50. The van der Waals surface area contributed by atoms with Crippen LogP contribution in [0.25, 0.3) is 0 Å². The van der Waals surface area contributed by atoms with Gasteiger partial charge in [-0.25, -0.2) is 0 Å². The summed E-state index contributed by atoms with van der Waals surface area (Å²) in [5.41, 5.74) is 4.07. The highest BCUT2D eigenvalue weighted by atomic mass is 16.2. The van der Waals surface area contributed by atoms with E-state index in [9.17, 15) is 9.59 Å². The Labute approximate surface area is 171 Å². The summed E-state index contributed by atoms with van der Waals surface area (Å²) in [5.74, 6) is 0.214. The highest BCUT2D eigenvalue weighted by molar-refractivity contribution is 6.39. The minimum absolute atomic E-state index is 0.0719. The molecule has 0 atom stereocenters. The van der Waals surface area contributed by atoms with E-state index in [-0.39, 0.29) is 11.8 Å². The Hall–Kier alpha value is -2.51. The van der Waals surface area contributed by atoms with Crippen molar-refractivity contribution < 1.29 is 9.59 Å². The number of allylic oxidation sites excluding steroid dienone is 1. The Morgan fingerprint density at radius 2 is 1.83 bits per heavy atom. The summed E-state index contributed by atoms with van der Waals surface area (Å²) in [4.78, 5) is 35.7. The van der Waals surface area contributed by atoms with Crippen molar-refractivity contribution in [1.29, 1.82) is 0 Å². The van der Waals surface area contributed by atoms with Crippen LogP contribution in [0.15, 0.2) is 35.5 Å². The standard InChI is InChI=1S/C22H27N5O2/c28-21(17-3-4-18-13-23-7-5-16(18)12-17)27-14-19(15-27)25-8-10-26(11-9-25)22(29)20-2-1-6-24-20/h1,3-4,6,12,19,23H,2,5,7-11,13-15H2. The molecule has 2 fully saturated rings. The molecular formula is C22H27N5O2. The predicted molar refractivity (Wildman–Crippen MR) is 111 cm³/mol.